The molecule has 0 fully saturated rings. The predicted octanol–water partition coefficient (Wildman–Crippen LogP) is 3.52. The summed E-state index contributed by atoms with van der Waals surface area (Å²) in [4.78, 5) is 13.0. The summed E-state index contributed by atoms with van der Waals surface area (Å²) in [5.41, 5.74) is 5.35. The summed E-state index contributed by atoms with van der Waals surface area (Å²) in [7, 11) is 0. The minimum atomic E-state index is -0.870. The summed E-state index contributed by atoms with van der Waals surface area (Å²) in [6.45, 7) is 0. The van der Waals surface area contributed by atoms with E-state index in [-0.39, 0.29) is 11.4 Å². The maximum Gasteiger partial charge on any atom is 0.255 e. The van der Waals surface area contributed by atoms with E-state index in [1.54, 1.807) is 36.0 Å². The first-order valence-corrected chi connectivity index (χ1v) is 6.93. The molecule has 0 aromatic heterocycles. The summed E-state index contributed by atoms with van der Waals surface area (Å²) in [6, 6.07) is 8.53. The van der Waals surface area contributed by atoms with Crippen LogP contribution in [0.2, 0.25) is 0 Å². The van der Waals surface area contributed by atoms with Crippen LogP contribution in [0.4, 0.5) is 20.2 Å². The average Bonchev–Trinajstić information content (AvgIpc) is 2.44. The molecule has 0 atom stereocenters. The predicted molar refractivity (Wildman–Crippen MR) is 76.9 cm³/mol. The van der Waals surface area contributed by atoms with Crippen LogP contribution in [0, 0.1) is 11.6 Å². The molecule has 6 heteroatoms. The smallest absolute Gasteiger partial charge is 0.255 e. The van der Waals surface area contributed by atoms with Crippen LogP contribution >= 0.6 is 11.8 Å². The molecule has 0 unspecified atom stereocenters. The molecule has 0 aliphatic carbocycles. The highest BCUT2D eigenvalue weighted by atomic mass is 32.2. The second-order valence-corrected chi connectivity index (χ2v) is 4.92. The topological polar surface area (TPSA) is 55.1 Å². The number of benzene rings is 2. The third kappa shape index (κ3) is 3.08. The van der Waals surface area contributed by atoms with Gasteiger partial charge in [0.1, 0.15) is 11.6 Å². The van der Waals surface area contributed by atoms with Gasteiger partial charge in [0, 0.05) is 16.5 Å². The Morgan fingerprint density at radius 1 is 1.15 bits per heavy atom. The number of hydrogen-bond donors (Lipinski definition) is 2. The van der Waals surface area contributed by atoms with E-state index >= 15 is 0 Å². The van der Waals surface area contributed by atoms with Crippen LogP contribution in [0.1, 0.15) is 10.4 Å². The Morgan fingerprint density at radius 2 is 1.80 bits per heavy atom. The van der Waals surface area contributed by atoms with Gasteiger partial charge in [-0.25, -0.2) is 8.78 Å². The van der Waals surface area contributed by atoms with Gasteiger partial charge in [0.05, 0.1) is 11.4 Å². The molecule has 2 aromatic carbocycles. The van der Waals surface area contributed by atoms with E-state index in [0.29, 0.717) is 11.6 Å². The summed E-state index contributed by atoms with van der Waals surface area (Å²) < 4.78 is 26.5. The third-order valence-corrected chi connectivity index (χ3v) is 3.43. The average molecular weight is 294 g/mol. The Hall–Kier alpha value is -2.08. The fraction of sp³-hybridized carbons (Fsp3) is 0.0714. The lowest BCUT2D eigenvalue weighted by atomic mass is 10.2. The zero-order valence-electron chi connectivity index (χ0n) is 10.6. The van der Waals surface area contributed by atoms with Crippen molar-refractivity contribution in [3.63, 3.8) is 0 Å². The van der Waals surface area contributed by atoms with Crippen LogP contribution in [0.5, 0.6) is 0 Å². The van der Waals surface area contributed by atoms with Gasteiger partial charge in [0.2, 0.25) is 0 Å². The second kappa shape index (κ2) is 5.92. The molecular formula is C14H12F2N2OS. The van der Waals surface area contributed by atoms with E-state index in [1.807, 2.05) is 6.26 Å². The van der Waals surface area contributed by atoms with Crippen LogP contribution in [-0.2, 0) is 0 Å². The van der Waals surface area contributed by atoms with Crippen molar-refractivity contribution in [3.8, 4) is 0 Å². The Bertz CT molecular complexity index is 644. The van der Waals surface area contributed by atoms with Crippen molar-refractivity contribution in [3.05, 3.63) is 53.6 Å². The zero-order chi connectivity index (χ0) is 14.7. The van der Waals surface area contributed by atoms with Crippen molar-refractivity contribution in [1.82, 2.24) is 0 Å². The van der Waals surface area contributed by atoms with Gasteiger partial charge < -0.3 is 11.1 Å². The fourth-order valence-corrected chi connectivity index (χ4v) is 2.01. The van der Waals surface area contributed by atoms with Crippen LogP contribution in [0.25, 0.3) is 0 Å². The molecule has 0 aliphatic rings. The Balaban J connectivity index is 2.20. The monoisotopic (exact) mass is 294 g/mol. The maximum atomic E-state index is 13.5. The molecule has 0 saturated carbocycles. The molecule has 3 N–H and O–H groups in total. The largest absolute Gasteiger partial charge is 0.396 e. The van der Waals surface area contributed by atoms with Crippen LogP contribution in [0.3, 0.4) is 0 Å². The van der Waals surface area contributed by atoms with Gasteiger partial charge in [0.15, 0.2) is 0 Å². The minimum absolute atomic E-state index is 0.150. The van der Waals surface area contributed by atoms with E-state index in [4.69, 9.17) is 5.73 Å². The van der Waals surface area contributed by atoms with Crippen molar-refractivity contribution in [1.29, 1.82) is 0 Å². The van der Waals surface area contributed by atoms with Crippen LogP contribution < -0.4 is 11.1 Å². The summed E-state index contributed by atoms with van der Waals surface area (Å²) >= 11 is 1.55. The number of nitrogens with one attached hydrogen (secondary N) is 1. The summed E-state index contributed by atoms with van der Waals surface area (Å²) in [5.74, 6) is -2.21. The van der Waals surface area contributed by atoms with Gasteiger partial charge in [-0.05, 0) is 36.6 Å². The number of halogens is 2. The van der Waals surface area contributed by atoms with Crippen LogP contribution in [0.15, 0.2) is 41.3 Å². The first-order valence-electron chi connectivity index (χ1n) is 5.71. The summed E-state index contributed by atoms with van der Waals surface area (Å²) in [6.07, 6.45) is 1.92. The van der Waals surface area contributed by atoms with Crippen molar-refractivity contribution in [2.75, 3.05) is 17.3 Å². The third-order valence-electron chi connectivity index (χ3n) is 2.69. The Labute approximate surface area is 119 Å². The normalized spacial score (nSPS) is 10.3. The summed E-state index contributed by atoms with van der Waals surface area (Å²) in [5, 5.41) is 2.36. The highest BCUT2D eigenvalue weighted by molar-refractivity contribution is 7.98. The SMILES string of the molecule is CSc1ccc(C(=O)Nc2cc(N)c(F)cc2F)cc1. The standard InChI is InChI=1S/C14H12F2N2OS/c1-20-9-4-2-8(3-5-9)14(19)18-13-7-12(17)10(15)6-11(13)16/h2-7H,17H2,1H3,(H,18,19). The van der Waals surface area contributed by atoms with Crippen LogP contribution in [-0.4, -0.2) is 12.2 Å². The molecule has 2 aromatic rings. The number of rotatable bonds is 3. The van der Waals surface area contributed by atoms with Gasteiger partial charge in [-0.1, -0.05) is 0 Å². The second-order valence-electron chi connectivity index (χ2n) is 4.04. The number of nitrogen functional groups attached to an aromatic ring is 1. The van der Waals surface area contributed by atoms with E-state index in [9.17, 15) is 13.6 Å². The number of carbonyl (C=O) groups excluding carboxylic acids is 1. The number of hydrogen-bond acceptors (Lipinski definition) is 3. The van der Waals surface area contributed by atoms with Crippen molar-refractivity contribution in [2.24, 2.45) is 0 Å². The quantitative estimate of drug-likeness (QED) is 0.672. The van der Waals surface area contributed by atoms with E-state index in [2.05, 4.69) is 5.32 Å². The molecule has 0 radical (unpaired) electrons. The number of amides is 1. The van der Waals surface area contributed by atoms with E-state index in [0.717, 1.165) is 11.0 Å². The molecule has 0 heterocycles. The van der Waals surface area contributed by atoms with Crippen molar-refractivity contribution >= 4 is 29.0 Å². The molecule has 0 spiro atoms. The first-order chi connectivity index (χ1) is 9.51. The van der Waals surface area contributed by atoms with Crippen molar-refractivity contribution < 1.29 is 13.6 Å². The lowest BCUT2D eigenvalue weighted by Gasteiger charge is -2.08. The Morgan fingerprint density at radius 3 is 2.40 bits per heavy atom. The van der Waals surface area contributed by atoms with Gasteiger partial charge >= 0.3 is 0 Å². The van der Waals surface area contributed by atoms with E-state index in [1.165, 1.54) is 0 Å². The number of nitrogens with two attached hydrogens (primary N) is 1. The van der Waals surface area contributed by atoms with E-state index < -0.39 is 17.5 Å². The Kier molecular flexibility index (Phi) is 4.24. The molecule has 0 aliphatic heterocycles. The lowest BCUT2D eigenvalue weighted by Crippen LogP contribution is -2.13. The molecule has 20 heavy (non-hydrogen) atoms. The first kappa shape index (κ1) is 14.3. The minimum Gasteiger partial charge on any atom is -0.396 e. The molecule has 104 valence electrons. The van der Waals surface area contributed by atoms with Crippen molar-refractivity contribution in [2.45, 2.75) is 4.90 Å². The number of anilines is 2. The highest BCUT2D eigenvalue weighted by Crippen LogP contribution is 2.22. The number of thioether (sulfide) groups is 1. The number of carbonyl (C=O) groups is 1. The molecular weight excluding hydrogens is 282 g/mol. The molecule has 0 bridgehead atoms. The molecule has 0 saturated heterocycles. The van der Waals surface area contributed by atoms with Gasteiger partial charge in [-0.3, -0.25) is 4.79 Å². The highest BCUT2D eigenvalue weighted by Gasteiger charge is 2.12. The van der Waals surface area contributed by atoms with Gasteiger partial charge in [-0.15, -0.1) is 11.8 Å². The lowest BCUT2D eigenvalue weighted by molar-refractivity contribution is 0.102. The molecule has 3 nitrogen and oxygen atoms in total. The molecule has 1 amide bonds. The van der Waals surface area contributed by atoms with Gasteiger partial charge in [0.25, 0.3) is 5.91 Å². The maximum absolute atomic E-state index is 13.5. The van der Waals surface area contributed by atoms with Gasteiger partial charge in [-0.2, -0.15) is 0 Å². The fourth-order valence-electron chi connectivity index (χ4n) is 1.60. The zero-order valence-corrected chi connectivity index (χ0v) is 11.4. The molecule has 2 rings (SSSR count).